The minimum absolute atomic E-state index is 0.0133. The van der Waals surface area contributed by atoms with E-state index >= 15 is 0 Å². The molecule has 0 aliphatic carbocycles. The number of nitrogens with one attached hydrogen (secondary N) is 1. The highest BCUT2D eigenvalue weighted by molar-refractivity contribution is 7.92. The largest absolute Gasteiger partial charge is 0.494 e. The smallest absolute Gasteiger partial charge is 0.355 e. The van der Waals surface area contributed by atoms with Crippen LogP contribution in [0.3, 0.4) is 0 Å². The summed E-state index contributed by atoms with van der Waals surface area (Å²) in [5, 5.41) is 0. The van der Waals surface area contributed by atoms with Crippen LogP contribution in [0, 0.1) is 0 Å². The predicted octanol–water partition coefficient (Wildman–Crippen LogP) is 0.680. The van der Waals surface area contributed by atoms with Crippen molar-refractivity contribution in [3.63, 3.8) is 0 Å². The molecule has 1 aliphatic rings. The van der Waals surface area contributed by atoms with Crippen LogP contribution < -0.4 is 14.4 Å². The van der Waals surface area contributed by atoms with Crippen molar-refractivity contribution in [3.8, 4) is 5.75 Å². The van der Waals surface area contributed by atoms with Gasteiger partial charge in [0.05, 0.1) is 50.8 Å². The molecular weight excluding hydrogens is 444 g/mol. The summed E-state index contributed by atoms with van der Waals surface area (Å²) in [6.07, 6.45) is 2.65. The Kier molecular flexibility index (Phi) is 6.90. The van der Waals surface area contributed by atoms with Gasteiger partial charge in [-0.3, -0.25) is 0 Å². The first-order chi connectivity index (χ1) is 15.3. The van der Waals surface area contributed by atoms with Gasteiger partial charge in [0.15, 0.2) is 5.75 Å². The minimum Gasteiger partial charge on any atom is -0.494 e. The number of aromatic nitrogens is 2. The average molecular weight is 464 g/mol. The quantitative estimate of drug-likeness (QED) is 0.577. The van der Waals surface area contributed by atoms with Gasteiger partial charge >= 0.3 is 11.9 Å². The Bertz CT molecular complexity index is 1130. The summed E-state index contributed by atoms with van der Waals surface area (Å²) in [4.78, 5) is 33.5. The molecule has 3 rings (SSSR count). The Morgan fingerprint density at radius 1 is 1.03 bits per heavy atom. The van der Waals surface area contributed by atoms with Gasteiger partial charge in [0.25, 0.3) is 10.0 Å². The molecule has 0 saturated heterocycles. The van der Waals surface area contributed by atoms with Crippen molar-refractivity contribution < 1.29 is 37.0 Å². The van der Waals surface area contributed by atoms with E-state index in [2.05, 4.69) is 14.7 Å². The van der Waals surface area contributed by atoms with Gasteiger partial charge in [-0.25, -0.2) is 32.7 Å². The summed E-state index contributed by atoms with van der Waals surface area (Å²) < 4.78 is 47.4. The van der Waals surface area contributed by atoms with E-state index in [0.29, 0.717) is 11.4 Å². The van der Waals surface area contributed by atoms with Crippen molar-refractivity contribution in [2.45, 2.75) is 4.90 Å². The molecule has 1 aromatic carbocycles. The third-order valence-corrected chi connectivity index (χ3v) is 5.73. The SMILES string of the molecule is COC(=O)C1=C(C(=O)OC)N(c2ccc(S(=O)(=O)Nc3ncc(OC)cn3)cc2)COC1. The van der Waals surface area contributed by atoms with E-state index < -0.39 is 22.0 Å². The van der Waals surface area contributed by atoms with Crippen LogP contribution in [-0.2, 0) is 33.8 Å². The molecule has 0 atom stereocenters. The molecule has 170 valence electrons. The lowest BCUT2D eigenvalue weighted by atomic mass is 10.1. The Balaban J connectivity index is 1.89. The Morgan fingerprint density at radius 2 is 1.66 bits per heavy atom. The standard InChI is InChI=1S/C19H20N4O8S/c1-28-13-8-20-19(21-9-13)22-32(26,27)14-6-4-12(5-7-14)23-11-31-10-15(17(24)29-2)16(23)18(25)30-3/h4-9H,10-11H2,1-3H3,(H,20,21,22). The van der Waals surface area contributed by atoms with Crippen molar-refractivity contribution in [1.29, 1.82) is 0 Å². The van der Waals surface area contributed by atoms with E-state index in [0.717, 1.165) is 0 Å². The molecule has 1 aliphatic heterocycles. The zero-order valence-electron chi connectivity index (χ0n) is 17.4. The number of hydrogen-bond acceptors (Lipinski definition) is 11. The van der Waals surface area contributed by atoms with Crippen LogP contribution in [-0.4, -0.2) is 65.0 Å². The molecule has 0 radical (unpaired) electrons. The van der Waals surface area contributed by atoms with Crippen LogP contribution in [0.4, 0.5) is 11.6 Å². The first-order valence-corrected chi connectivity index (χ1v) is 10.5. The summed E-state index contributed by atoms with van der Waals surface area (Å²) in [5.74, 6) is -1.25. The number of hydrogen-bond donors (Lipinski definition) is 1. The van der Waals surface area contributed by atoms with Crippen molar-refractivity contribution in [2.75, 3.05) is 44.3 Å². The minimum atomic E-state index is -3.99. The van der Waals surface area contributed by atoms with E-state index in [1.807, 2.05) is 0 Å². The van der Waals surface area contributed by atoms with E-state index in [1.54, 1.807) is 0 Å². The number of carbonyl (C=O) groups is 2. The highest BCUT2D eigenvalue weighted by Crippen LogP contribution is 2.28. The molecule has 0 amide bonds. The van der Waals surface area contributed by atoms with Crippen LogP contribution in [0.25, 0.3) is 0 Å². The summed E-state index contributed by atoms with van der Waals surface area (Å²) in [5.41, 5.74) is 0.331. The van der Waals surface area contributed by atoms with E-state index in [1.165, 1.54) is 62.9 Å². The van der Waals surface area contributed by atoms with Crippen LogP contribution >= 0.6 is 0 Å². The van der Waals surface area contributed by atoms with Gasteiger partial charge in [0.2, 0.25) is 5.95 Å². The second-order valence-corrected chi connectivity index (χ2v) is 7.94. The summed E-state index contributed by atoms with van der Waals surface area (Å²) in [6, 6.07) is 5.55. The van der Waals surface area contributed by atoms with Crippen LogP contribution in [0.15, 0.2) is 52.8 Å². The summed E-state index contributed by atoms with van der Waals surface area (Å²) in [6.45, 7) is -0.194. The van der Waals surface area contributed by atoms with Gasteiger partial charge in [0, 0.05) is 5.69 Å². The first kappa shape index (κ1) is 23.0. The molecule has 0 unspecified atom stereocenters. The maximum atomic E-state index is 12.6. The first-order valence-electron chi connectivity index (χ1n) is 9.04. The molecule has 32 heavy (non-hydrogen) atoms. The van der Waals surface area contributed by atoms with E-state index in [9.17, 15) is 18.0 Å². The van der Waals surface area contributed by atoms with Gasteiger partial charge in [-0.2, -0.15) is 0 Å². The van der Waals surface area contributed by atoms with Gasteiger partial charge in [0.1, 0.15) is 12.4 Å². The Morgan fingerprint density at radius 3 is 2.22 bits per heavy atom. The van der Waals surface area contributed by atoms with Crippen LogP contribution in [0.2, 0.25) is 0 Å². The number of esters is 2. The third-order valence-electron chi connectivity index (χ3n) is 4.38. The molecular formula is C19H20N4O8S. The van der Waals surface area contributed by atoms with Crippen LogP contribution in [0.5, 0.6) is 5.75 Å². The average Bonchev–Trinajstić information content (AvgIpc) is 2.82. The molecule has 0 spiro atoms. The van der Waals surface area contributed by atoms with Crippen molar-refractivity contribution in [1.82, 2.24) is 9.97 Å². The fraction of sp³-hybridized carbons (Fsp3) is 0.263. The number of methoxy groups -OCH3 is 3. The van der Waals surface area contributed by atoms with Gasteiger partial charge < -0.3 is 23.8 Å². The number of ether oxygens (including phenoxy) is 4. The highest BCUT2D eigenvalue weighted by atomic mass is 32.2. The fourth-order valence-corrected chi connectivity index (χ4v) is 3.76. The van der Waals surface area contributed by atoms with Gasteiger partial charge in [-0.1, -0.05) is 0 Å². The molecule has 2 aromatic rings. The number of carbonyl (C=O) groups excluding carboxylic acids is 2. The molecule has 1 N–H and O–H groups in total. The monoisotopic (exact) mass is 464 g/mol. The number of rotatable bonds is 7. The summed E-state index contributed by atoms with van der Waals surface area (Å²) >= 11 is 0. The lowest BCUT2D eigenvalue weighted by Crippen LogP contribution is -2.38. The third kappa shape index (κ3) is 4.78. The second kappa shape index (κ2) is 9.62. The maximum Gasteiger partial charge on any atom is 0.355 e. The number of benzene rings is 1. The fourth-order valence-electron chi connectivity index (χ4n) is 2.81. The van der Waals surface area contributed by atoms with Crippen molar-refractivity contribution in [2.24, 2.45) is 0 Å². The lowest BCUT2D eigenvalue weighted by Gasteiger charge is -2.31. The molecule has 12 nitrogen and oxygen atoms in total. The molecule has 1 aromatic heterocycles. The van der Waals surface area contributed by atoms with Crippen molar-refractivity contribution >= 4 is 33.6 Å². The van der Waals surface area contributed by atoms with E-state index in [-0.39, 0.29) is 35.5 Å². The number of sulfonamides is 1. The highest BCUT2D eigenvalue weighted by Gasteiger charge is 2.32. The van der Waals surface area contributed by atoms with Gasteiger partial charge in [-0.05, 0) is 24.3 Å². The molecule has 0 bridgehead atoms. The second-order valence-electron chi connectivity index (χ2n) is 6.26. The summed E-state index contributed by atoms with van der Waals surface area (Å²) in [7, 11) is -0.186. The Labute approximate surface area is 183 Å². The zero-order chi connectivity index (χ0) is 23.3. The van der Waals surface area contributed by atoms with Crippen molar-refractivity contribution in [3.05, 3.63) is 47.9 Å². The van der Waals surface area contributed by atoms with Crippen LogP contribution in [0.1, 0.15) is 0 Å². The topological polar surface area (TPSA) is 146 Å². The molecule has 2 heterocycles. The number of nitrogens with zero attached hydrogens (tertiary/aromatic N) is 3. The normalized spacial score (nSPS) is 14.0. The zero-order valence-corrected chi connectivity index (χ0v) is 18.2. The predicted molar refractivity (Wildman–Crippen MR) is 110 cm³/mol. The molecule has 0 fully saturated rings. The van der Waals surface area contributed by atoms with E-state index in [4.69, 9.17) is 18.9 Å². The van der Waals surface area contributed by atoms with Gasteiger partial charge in [-0.15, -0.1) is 0 Å². The Hall–Kier alpha value is -3.71. The molecule has 13 heteroatoms. The number of anilines is 2. The lowest BCUT2D eigenvalue weighted by molar-refractivity contribution is -0.140. The maximum absolute atomic E-state index is 12.6. The molecule has 0 saturated carbocycles.